The Labute approximate surface area is 165 Å². The van der Waals surface area contributed by atoms with E-state index in [1.165, 1.54) is 0 Å². The van der Waals surface area contributed by atoms with Crippen molar-refractivity contribution in [1.82, 2.24) is 5.32 Å². The molecule has 1 amide bonds. The molecule has 1 rings (SSSR count). The van der Waals surface area contributed by atoms with Crippen molar-refractivity contribution >= 4 is 14.4 Å². The van der Waals surface area contributed by atoms with Gasteiger partial charge in [0.1, 0.15) is 5.60 Å². The summed E-state index contributed by atoms with van der Waals surface area (Å²) in [5.41, 5.74) is 0.418. The van der Waals surface area contributed by atoms with Gasteiger partial charge >= 0.3 is 6.09 Å². The Morgan fingerprint density at radius 3 is 2.15 bits per heavy atom. The minimum Gasteiger partial charge on any atom is -0.444 e. The van der Waals surface area contributed by atoms with E-state index < -0.39 is 32.2 Å². The van der Waals surface area contributed by atoms with Gasteiger partial charge in [0.05, 0.1) is 12.1 Å². The predicted octanol–water partition coefficient (Wildman–Crippen LogP) is 5.04. The Morgan fingerprint density at radius 2 is 1.70 bits per heavy atom. The second-order valence-electron chi connectivity index (χ2n) is 9.37. The fourth-order valence-electron chi connectivity index (χ4n) is 2.25. The quantitative estimate of drug-likeness (QED) is 0.691. The predicted molar refractivity (Wildman–Crippen MR) is 111 cm³/mol. The molecule has 150 valence electrons. The topological polar surface area (TPSA) is 71.3 Å². The van der Waals surface area contributed by atoms with Crippen molar-refractivity contribution in [3.8, 4) is 6.07 Å². The molecule has 0 aromatic heterocycles. The highest BCUT2D eigenvalue weighted by molar-refractivity contribution is 6.74. The number of amides is 1. The highest BCUT2D eigenvalue weighted by Crippen LogP contribution is 2.37. The van der Waals surface area contributed by atoms with E-state index in [1.807, 2.05) is 51.1 Å². The number of hydrogen-bond acceptors (Lipinski definition) is 4. The zero-order valence-corrected chi connectivity index (χ0v) is 18.9. The SMILES string of the molecule is CC(C)(C)OC(=O)N[C@@H](Cc1ccccc1)[C@@H](C#N)O[Si](C)(C)C(C)(C)C. The van der Waals surface area contributed by atoms with E-state index in [9.17, 15) is 10.1 Å². The zero-order chi connectivity index (χ0) is 20.9. The number of carbonyl (C=O) groups excluding carboxylic acids is 1. The molecule has 0 aliphatic rings. The summed E-state index contributed by atoms with van der Waals surface area (Å²) in [6.07, 6.45) is -0.798. The van der Waals surface area contributed by atoms with Crippen molar-refractivity contribution in [2.75, 3.05) is 0 Å². The van der Waals surface area contributed by atoms with Gasteiger partial charge in [-0.15, -0.1) is 0 Å². The highest BCUT2D eigenvalue weighted by Gasteiger charge is 2.41. The van der Waals surface area contributed by atoms with E-state index in [1.54, 1.807) is 0 Å². The van der Waals surface area contributed by atoms with Crippen molar-refractivity contribution in [2.45, 2.75) is 83.8 Å². The van der Waals surface area contributed by atoms with Crippen molar-refractivity contribution in [1.29, 1.82) is 5.26 Å². The monoisotopic (exact) mass is 390 g/mol. The lowest BCUT2D eigenvalue weighted by molar-refractivity contribution is 0.0464. The Bertz CT molecular complexity index is 655. The van der Waals surface area contributed by atoms with Gasteiger partial charge in [0.2, 0.25) is 0 Å². The van der Waals surface area contributed by atoms with Gasteiger partial charge in [-0.05, 0) is 50.9 Å². The molecule has 0 fully saturated rings. The van der Waals surface area contributed by atoms with Gasteiger partial charge in [-0.3, -0.25) is 0 Å². The van der Waals surface area contributed by atoms with Gasteiger partial charge in [-0.1, -0.05) is 51.1 Å². The molecule has 0 bridgehead atoms. The van der Waals surface area contributed by atoms with Gasteiger partial charge in [0.25, 0.3) is 0 Å². The van der Waals surface area contributed by atoms with Crippen LogP contribution < -0.4 is 5.32 Å². The summed E-state index contributed by atoms with van der Waals surface area (Å²) in [4.78, 5) is 12.4. The summed E-state index contributed by atoms with van der Waals surface area (Å²) >= 11 is 0. The third-order valence-corrected chi connectivity index (χ3v) is 9.18. The number of nitrogens with one attached hydrogen (secondary N) is 1. The molecule has 1 aromatic rings. The number of ether oxygens (including phenoxy) is 1. The number of benzene rings is 1. The number of hydrogen-bond donors (Lipinski definition) is 1. The summed E-state index contributed by atoms with van der Waals surface area (Å²) in [5.74, 6) is 0. The van der Waals surface area contributed by atoms with Crippen LogP contribution in [-0.4, -0.2) is 32.2 Å². The van der Waals surface area contributed by atoms with E-state index in [2.05, 4.69) is 45.3 Å². The minimum atomic E-state index is -2.18. The molecule has 1 N–H and O–H groups in total. The first-order chi connectivity index (χ1) is 12.2. The lowest BCUT2D eigenvalue weighted by Crippen LogP contribution is -2.52. The molecule has 0 aliphatic heterocycles. The summed E-state index contributed by atoms with van der Waals surface area (Å²) in [7, 11) is -2.18. The second-order valence-corrected chi connectivity index (χ2v) is 14.1. The molecule has 27 heavy (non-hydrogen) atoms. The van der Waals surface area contributed by atoms with E-state index in [0.29, 0.717) is 6.42 Å². The standard InChI is InChI=1S/C21H34N2O3Si/c1-20(2,3)25-19(24)23-17(14-16-12-10-9-11-13-16)18(15-22)26-27(7,8)21(4,5)6/h9-13,17-18H,14H2,1-8H3,(H,23,24)/t17-,18+/m0/s1. The van der Waals surface area contributed by atoms with Crippen LogP contribution in [0.15, 0.2) is 30.3 Å². The molecule has 0 unspecified atom stereocenters. The van der Waals surface area contributed by atoms with Crippen LogP contribution in [0.4, 0.5) is 4.79 Å². The summed E-state index contributed by atoms with van der Waals surface area (Å²) in [6, 6.07) is 11.5. The Morgan fingerprint density at radius 1 is 1.15 bits per heavy atom. The first-order valence-corrected chi connectivity index (χ1v) is 12.3. The van der Waals surface area contributed by atoms with Crippen LogP contribution in [0.3, 0.4) is 0 Å². The van der Waals surface area contributed by atoms with Crippen LogP contribution >= 0.6 is 0 Å². The molecule has 2 atom stereocenters. The van der Waals surface area contributed by atoms with E-state index in [4.69, 9.17) is 9.16 Å². The summed E-state index contributed by atoms with van der Waals surface area (Å²) in [5, 5.41) is 12.6. The third kappa shape index (κ3) is 7.73. The van der Waals surface area contributed by atoms with Crippen molar-refractivity contribution in [3.05, 3.63) is 35.9 Å². The third-order valence-electron chi connectivity index (χ3n) is 4.72. The van der Waals surface area contributed by atoms with Crippen LogP contribution in [0.25, 0.3) is 0 Å². The molecule has 0 spiro atoms. The average Bonchev–Trinajstić information content (AvgIpc) is 2.50. The molecule has 0 aliphatic carbocycles. The summed E-state index contributed by atoms with van der Waals surface area (Å²) in [6.45, 7) is 16.0. The van der Waals surface area contributed by atoms with Crippen molar-refractivity contribution < 1.29 is 14.0 Å². The van der Waals surface area contributed by atoms with Gasteiger partial charge in [-0.25, -0.2) is 4.79 Å². The number of rotatable bonds is 6. The number of alkyl carbamates (subject to hydrolysis) is 1. The van der Waals surface area contributed by atoms with Crippen LogP contribution in [-0.2, 0) is 15.6 Å². The Hall–Kier alpha value is -1.84. The molecule has 0 heterocycles. The van der Waals surface area contributed by atoms with Gasteiger partial charge in [0, 0.05) is 0 Å². The molecule has 0 radical (unpaired) electrons. The maximum absolute atomic E-state index is 12.4. The molecule has 5 nitrogen and oxygen atoms in total. The lowest BCUT2D eigenvalue weighted by atomic mass is 10.0. The fraction of sp³-hybridized carbons (Fsp3) is 0.619. The van der Waals surface area contributed by atoms with E-state index >= 15 is 0 Å². The molecular weight excluding hydrogens is 356 g/mol. The average molecular weight is 391 g/mol. The fourth-order valence-corrected chi connectivity index (χ4v) is 3.46. The van der Waals surface area contributed by atoms with Gasteiger partial charge in [0.15, 0.2) is 14.4 Å². The Kier molecular flexibility index (Phi) is 7.64. The second kappa shape index (κ2) is 8.90. The van der Waals surface area contributed by atoms with Crippen molar-refractivity contribution in [2.24, 2.45) is 0 Å². The minimum absolute atomic E-state index is 0.0364. The largest absolute Gasteiger partial charge is 0.444 e. The molecular formula is C21H34N2O3Si. The smallest absolute Gasteiger partial charge is 0.408 e. The van der Waals surface area contributed by atoms with Crippen LogP contribution in [0.5, 0.6) is 0 Å². The molecule has 0 saturated heterocycles. The highest BCUT2D eigenvalue weighted by atomic mass is 28.4. The van der Waals surface area contributed by atoms with E-state index in [-0.39, 0.29) is 5.04 Å². The van der Waals surface area contributed by atoms with E-state index in [0.717, 1.165) is 5.56 Å². The van der Waals surface area contributed by atoms with Crippen LogP contribution in [0.2, 0.25) is 18.1 Å². The normalized spacial score (nSPS) is 14.8. The summed E-state index contributed by atoms with van der Waals surface area (Å²) < 4.78 is 11.7. The molecule has 6 heteroatoms. The lowest BCUT2D eigenvalue weighted by Gasteiger charge is -2.39. The van der Waals surface area contributed by atoms with Crippen LogP contribution in [0, 0.1) is 11.3 Å². The zero-order valence-electron chi connectivity index (χ0n) is 17.9. The number of nitrogens with zero attached hydrogens (tertiary/aromatic N) is 1. The number of carbonyl (C=O) groups is 1. The maximum atomic E-state index is 12.4. The van der Waals surface area contributed by atoms with Crippen LogP contribution in [0.1, 0.15) is 47.1 Å². The first-order valence-electron chi connectivity index (χ1n) is 9.36. The molecule has 0 saturated carbocycles. The Balaban J connectivity index is 3.06. The maximum Gasteiger partial charge on any atom is 0.408 e. The van der Waals surface area contributed by atoms with Gasteiger partial charge < -0.3 is 14.5 Å². The first kappa shape index (κ1) is 23.2. The van der Waals surface area contributed by atoms with Gasteiger partial charge in [-0.2, -0.15) is 5.26 Å². The number of nitriles is 1. The van der Waals surface area contributed by atoms with Crippen molar-refractivity contribution in [3.63, 3.8) is 0 Å². The molecule has 1 aromatic carbocycles.